The van der Waals surface area contributed by atoms with E-state index in [9.17, 15) is 9.59 Å². The van der Waals surface area contributed by atoms with Gasteiger partial charge in [-0.25, -0.2) is 0 Å². The fourth-order valence-electron chi connectivity index (χ4n) is 4.81. The molecule has 0 fully saturated rings. The molecule has 0 bridgehead atoms. The Morgan fingerprint density at radius 3 is 1.36 bits per heavy atom. The number of carbonyl (C=O) groups excluding carboxylic acids is 2. The van der Waals surface area contributed by atoms with Gasteiger partial charge >= 0.3 is 11.9 Å². The van der Waals surface area contributed by atoms with Gasteiger partial charge in [-0.05, 0) is 12.8 Å². The standard InChI is InChI=1S/C32H54N2O4S2.2HI/c1-5-7-9-11-13-15-21-33-25-39-29(27(33)3)19-23-37-31(35)17-18-32(36)38-24-20-30-28(4)34(26-40-30)22-16-14-12-10-8-6-2;;/h25-26H,5-24H2,1-4H3;2*1H/q+2;;/p-2. The van der Waals surface area contributed by atoms with Gasteiger partial charge in [-0.2, -0.15) is 9.13 Å². The topological polar surface area (TPSA) is 60.4 Å². The lowest BCUT2D eigenvalue weighted by molar-refractivity contribution is -0.698. The van der Waals surface area contributed by atoms with Gasteiger partial charge in [0.1, 0.15) is 13.1 Å². The van der Waals surface area contributed by atoms with Crippen LogP contribution in [-0.4, -0.2) is 25.2 Å². The average molecular weight is 849 g/mol. The molecule has 0 amide bonds. The molecular formula is C32H54I2N2O4S2. The van der Waals surface area contributed by atoms with Crippen LogP contribution in [0.25, 0.3) is 0 Å². The highest BCUT2D eigenvalue weighted by molar-refractivity contribution is 7.09. The number of halogens is 2. The summed E-state index contributed by atoms with van der Waals surface area (Å²) in [7, 11) is 0. The highest BCUT2D eigenvalue weighted by Gasteiger charge is 2.17. The van der Waals surface area contributed by atoms with Crippen molar-refractivity contribution >= 4 is 34.6 Å². The minimum Gasteiger partial charge on any atom is -1.00 e. The Morgan fingerprint density at radius 1 is 0.619 bits per heavy atom. The predicted molar refractivity (Wildman–Crippen MR) is 164 cm³/mol. The molecule has 0 saturated heterocycles. The fraction of sp³-hybridized carbons (Fsp3) is 0.750. The Morgan fingerprint density at radius 2 is 0.976 bits per heavy atom. The molecule has 0 unspecified atom stereocenters. The minimum absolute atomic E-state index is 0. The lowest BCUT2D eigenvalue weighted by atomic mass is 10.1. The first-order valence-corrected chi connectivity index (χ1v) is 17.5. The maximum atomic E-state index is 12.1. The average Bonchev–Trinajstić information content (AvgIpc) is 3.48. The number of aryl methyl sites for hydroxylation is 2. The SMILES string of the molecule is CCCCCCCC[n+]1csc(CCOC(=O)CCC(=O)OCCc2sc[n+](CCCCCCCC)c2C)c1C.[I-].[I-]. The van der Waals surface area contributed by atoms with E-state index in [1.54, 1.807) is 22.7 Å². The number of esters is 2. The molecule has 0 atom stereocenters. The summed E-state index contributed by atoms with van der Waals surface area (Å²) in [6.45, 7) is 11.6. The number of unbranched alkanes of at least 4 members (excludes halogenated alkanes) is 10. The van der Waals surface area contributed by atoms with Crippen LogP contribution in [0, 0.1) is 13.8 Å². The summed E-state index contributed by atoms with van der Waals surface area (Å²) in [5.74, 6) is -0.674. The molecule has 6 nitrogen and oxygen atoms in total. The molecule has 2 rings (SSSR count). The van der Waals surface area contributed by atoms with Gasteiger partial charge in [-0.1, -0.05) is 87.9 Å². The van der Waals surface area contributed by atoms with E-state index in [0.29, 0.717) is 13.2 Å². The number of carbonyl (C=O) groups is 2. The molecule has 0 N–H and O–H groups in total. The third kappa shape index (κ3) is 17.2. The van der Waals surface area contributed by atoms with Crippen LogP contribution in [-0.2, 0) is 45.0 Å². The highest BCUT2D eigenvalue weighted by atomic mass is 127. The maximum absolute atomic E-state index is 12.1. The third-order valence-corrected chi connectivity index (χ3v) is 9.82. The van der Waals surface area contributed by atoms with Crippen LogP contribution in [0.4, 0.5) is 0 Å². The van der Waals surface area contributed by atoms with Gasteiger partial charge in [0.25, 0.3) is 0 Å². The normalized spacial score (nSPS) is 10.7. The fourth-order valence-corrected chi connectivity index (χ4v) is 6.83. The molecule has 0 aliphatic rings. The zero-order valence-corrected chi connectivity index (χ0v) is 32.3. The van der Waals surface area contributed by atoms with E-state index in [2.05, 4.69) is 47.9 Å². The van der Waals surface area contributed by atoms with Gasteiger partial charge in [0, 0.05) is 39.5 Å². The van der Waals surface area contributed by atoms with Crippen LogP contribution >= 0.6 is 22.7 Å². The first kappa shape index (κ1) is 41.7. The van der Waals surface area contributed by atoms with Crippen molar-refractivity contribution in [2.75, 3.05) is 13.2 Å². The second-order valence-electron chi connectivity index (χ2n) is 10.8. The first-order chi connectivity index (χ1) is 19.5. The van der Waals surface area contributed by atoms with Gasteiger partial charge < -0.3 is 57.4 Å². The van der Waals surface area contributed by atoms with Gasteiger partial charge in [-0.15, -0.1) is 0 Å². The van der Waals surface area contributed by atoms with Crippen molar-refractivity contribution in [3.8, 4) is 0 Å². The Balaban J connectivity index is 0.00000840. The van der Waals surface area contributed by atoms with Crippen molar-refractivity contribution < 1.29 is 76.2 Å². The molecule has 0 aliphatic heterocycles. The van der Waals surface area contributed by atoms with Crippen molar-refractivity contribution in [1.82, 2.24) is 0 Å². The summed E-state index contributed by atoms with van der Waals surface area (Å²) in [5.41, 5.74) is 6.90. The molecule has 0 aliphatic carbocycles. The van der Waals surface area contributed by atoms with Crippen LogP contribution < -0.4 is 57.1 Å². The summed E-state index contributed by atoms with van der Waals surface area (Å²) < 4.78 is 15.4. The van der Waals surface area contributed by atoms with Gasteiger partial charge in [0.05, 0.1) is 35.8 Å². The minimum atomic E-state index is -0.337. The summed E-state index contributed by atoms with van der Waals surface area (Å²) >= 11 is 3.46. The van der Waals surface area contributed by atoms with Crippen LogP contribution in [0.2, 0.25) is 0 Å². The highest BCUT2D eigenvalue weighted by Crippen LogP contribution is 2.15. The largest absolute Gasteiger partial charge is 1.00 e. The predicted octanol–water partition coefficient (Wildman–Crippen LogP) is 1.38. The molecule has 42 heavy (non-hydrogen) atoms. The van der Waals surface area contributed by atoms with Crippen molar-refractivity contribution in [2.45, 2.75) is 144 Å². The molecule has 242 valence electrons. The van der Waals surface area contributed by atoms with E-state index in [1.165, 1.54) is 98.2 Å². The number of ether oxygens (including phenoxy) is 2. The quantitative estimate of drug-likeness (QED) is 0.0736. The molecule has 0 aromatic carbocycles. The Kier molecular flexibility index (Phi) is 25.7. The number of nitrogens with zero attached hydrogens (tertiary/aromatic N) is 2. The van der Waals surface area contributed by atoms with E-state index in [0.717, 1.165) is 25.9 Å². The van der Waals surface area contributed by atoms with E-state index in [4.69, 9.17) is 9.47 Å². The number of thiazole rings is 2. The van der Waals surface area contributed by atoms with Gasteiger partial charge in [-0.3, -0.25) is 9.59 Å². The van der Waals surface area contributed by atoms with Crippen LogP contribution in [0.15, 0.2) is 11.0 Å². The zero-order chi connectivity index (χ0) is 29.0. The second kappa shape index (κ2) is 25.9. The Hall–Kier alpha value is -0.340. The van der Waals surface area contributed by atoms with Gasteiger partial charge in [0.15, 0.2) is 11.4 Å². The molecule has 2 aromatic heterocycles. The smallest absolute Gasteiger partial charge is 0.306 e. The maximum Gasteiger partial charge on any atom is 0.306 e. The summed E-state index contributed by atoms with van der Waals surface area (Å²) in [6, 6.07) is 0. The molecule has 0 saturated carbocycles. The Labute approximate surface area is 297 Å². The summed E-state index contributed by atoms with van der Waals surface area (Å²) in [5, 5.41) is 0. The first-order valence-electron chi connectivity index (χ1n) is 15.7. The summed E-state index contributed by atoms with van der Waals surface area (Å²) in [4.78, 5) is 26.8. The molecule has 0 spiro atoms. The lowest BCUT2D eigenvalue weighted by Gasteiger charge is -2.05. The zero-order valence-electron chi connectivity index (χ0n) is 26.4. The summed E-state index contributed by atoms with van der Waals surface area (Å²) in [6.07, 6.45) is 17.1. The lowest BCUT2D eigenvalue weighted by Crippen LogP contribution is -3.00. The molecular weight excluding hydrogens is 794 g/mol. The van der Waals surface area contributed by atoms with Crippen molar-refractivity contribution in [1.29, 1.82) is 0 Å². The van der Waals surface area contributed by atoms with Crippen LogP contribution in [0.5, 0.6) is 0 Å². The molecule has 2 heterocycles. The Bertz CT molecular complexity index is 919. The van der Waals surface area contributed by atoms with Crippen molar-refractivity contribution in [3.05, 3.63) is 32.2 Å². The molecule has 10 heteroatoms. The van der Waals surface area contributed by atoms with Gasteiger partial charge in [0.2, 0.25) is 11.0 Å². The number of hydrogen-bond donors (Lipinski definition) is 0. The van der Waals surface area contributed by atoms with E-state index in [1.807, 2.05) is 0 Å². The van der Waals surface area contributed by atoms with E-state index < -0.39 is 0 Å². The molecule has 0 radical (unpaired) electrons. The number of hydrogen-bond acceptors (Lipinski definition) is 6. The molecule has 2 aromatic rings. The number of rotatable bonds is 23. The third-order valence-electron chi connectivity index (χ3n) is 7.54. The van der Waals surface area contributed by atoms with Crippen LogP contribution in [0.1, 0.15) is 125 Å². The number of aromatic nitrogens is 2. The van der Waals surface area contributed by atoms with E-state index in [-0.39, 0.29) is 72.7 Å². The monoisotopic (exact) mass is 848 g/mol. The van der Waals surface area contributed by atoms with Crippen LogP contribution in [0.3, 0.4) is 0 Å². The van der Waals surface area contributed by atoms with Crippen molar-refractivity contribution in [2.24, 2.45) is 0 Å². The van der Waals surface area contributed by atoms with E-state index >= 15 is 0 Å². The van der Waals surface area contributed by atoms with Crippen molar-refractivity contribution in [3.63, 3.8) is 0 Å². The second-order valence-corrected chi connectivity index (χ2v) is 12.7.